The van der Waals surface area contributed by atoms with E-state index in [9.17, 15) is 14.4 Å². The molecule has 7 heteroatoms. The highest BCUT2D eigenvalue weighted by atomic mass is 16.3. The van der Waals surface area contributed by atoms with Crippen molar-refractivity contribution in [2.75, 3.05) is 0 Å². The molecule has 33 heavy (non-hydrogen) atoms. The Balaban J connectivity index is 1.71. The Kier molecular flexibility index (Phi) is 6.58. The van der Waals surface area contributed by atoms with Crippen LogP contribution in [0.15, 0.2) is 47.1 Å². The lowest BCUT2D eigenvalue weighted by molar-refractivity contribution is -0.158. The number of hydrogen-bond acceptors (Lipinski definition) is 4. The third kappa shape index (κ3) is 4.68. The van der Waals surface area contributed by atoms with Crippen LogP contribution in [0.1, 0.15) is 57.0 Å². The number of carbonyl (C=O) groups is 3. The van der Waals surface area contributed by atoms with Crippen molar-refractivity contribution in [1.82, 2.24) is 15.5 Å². The minimum absolute atomic E-state index is 0.0493. The first-order valence-electron chi connectivity index (χ1n) is 11.8. The van der Waals surface area contributed by atoms with Gasteiger partial charge in [-0.25, -0.2) is 0 Å². The van der Waals surface area contributed by atoms with Crippen LogP contribution >= 0.6 is 0 Å². The zero-order valence-electron chi connectivity index (χ0n) is 19.7. The predicted molar refractivity (Wildman–Crippen MR) is 124 cm³/mol. The molecule has 2 aromatic rings. The summed E-state index contributed by atoms with van der Waals surface area (Å²) in [5.41, 5.74) is 2.42. The van der Waals surface area contributed by atoms with E-state index in [4.69, 9.17) is 4.42 Å². The molecule has 1 fully saturated rings. The lowest BCUT2D eigenvalue weighted by Gasteiger charge is -2.44. The minimum atomic E-state index is -1.00. The van der Waals surface area contributed by atoms with Gasteiger partial charge < -0.3 is 20.0 Å². The number of furan rings is 1. The number of rotatable bonds is 7. The van der Waals surface area contributed by atoms with E-state index in [1.54, 1.807) is 12.1 Å². The first kappa shape index (κ1) is 23.1. The Morgan fingerprint density at radius 3 is 2.30 bits per heavy atom. The molecule has 3 amide bonds. The lowest BCUT2D eigenvalue weighted by atomic mass is 9.88. The maximum Gasteiger partial charge on any atom is 0.250 e. The summed E-state index contributed by atoms with van der Waals surface area (Å²) in [5, 5.41) is 5.93. The fourth-order valence-corrected chi connectivity index (χ4v) is 5.08. The van der Waals surface area contributed by atoms with Crippen molar-refractivity contribution >= 4 is 17.7 Å². The Hall–Kier alpha value is -3.09. The molecule has 3 atom stereocenters. The van der Waals surface area contributed by atoms with Gasteiger partial charge in [-0.3, -0.25) is 14.4 Å². The third-order valence-corrected chi connectivity index (χ3v) is 6.48. The molecular weight excluding hydrogens is 418 g/mol. The predicted octanol–water partition coefficient (Wildman–Crippen LogP) is 3.00. The number of piperazine rings is 1. The highest BCUT2D eigenvalue weighted by Crippen LogP contribution is 2.35. The Labute approximate surface area is 194 Å². The van der Waals surface area contributed by atoms with Gasteiger partial charge >= 0.3 is 0 Å². The monoisotopic (exact) mass is 451 g/mol. The summed E-state index contributed by atoms with van der Waals surface area (Å²) in [6, 6.07) is 8.98. The van der Waals surface area contributed by atoms with Crippen LogP contribution in [0.2, 0.25) is 0 Å². The molecular formula is C26H33N3O4. The van der Waals surface area contributed by atoms with Gasteiger partial charge in [0.15, 0.2) is 6.04 Å². The number of hydrogen-bond donors (Lipinski definition) is 2. The van der Waals surface area contributed by atoms with Crippen molar-refractivity contribution < 1.29 is 18.8 Å². The Morgan fingerprint density at radius 1 is 1.09 bits per heavy atom. The fourth-order valence-electron chi connectivity index (χ4n) is 5.08. The molecule has 0 bridgehead atoms. The Bertz CT molecular complexity index is 989. The number of amides is 3. The molecule has 2 heterocycles. The molecule has 2 aliphatic rings. The van der Waals surface area contributed by atoms with Crippen molar-refractivity contribution in [3.63, 3.8) is 0 Å². The van der Waals surface area contributed by atoms with Gasteiger partial charge in [0.2, 0.25) is 11.8 Å². The second-order valence-corrected chi connectivity index (χ2v) is 9.90. The van der Waals surface area contributed by atoms with E-state index in [-0.39, 0.29) is 35.6 Å². The molecule has 1 aliphatic carbocycles. The van der Waals surface area contributed by atoms with Crippen molar-refractivity contribution in [3.05, 3.63) is 59.5 Å². The number of benzene rings is 1. The summed E-state index contributed by atoms with van der Waals surface area (Å²) in [5.74, 6) is -0.305. The number of fused-ring (bicyclic) bond motifs is 1. The molecule has 7 nitrogen and oxygen atoms in total. The average molecular weight is 452 g/mol. The van der Waals surface area contributed by atoms with Crippen molar-refractivity contribution in [3.8, 4) is 0 Å². The van der Waals surface area contributed by atoms with Crippen LogP contribution in [0.5, 0.6) is 0 Å². The molecule has 4 rings (SSSR count). The van der Waals surface area contributed by atoms with E-state index in [0.717, 1.165) is 12.8 Å². The van der Waals surface area contributed by atoms with Crippen LogP contribution < -0.4 is 10.6 Å². The molecule has 1 saturated heterocycles. The topological polar surface area (TPSA) is 91.7 Å². The standard InChI is InChI=1S/C26H33N3O4/c1-15(2)12-20-24(30)28-22(19-13-17-8-5-6-9-18(17)14-19)26(32)29(20)23(21-10-7-11-33-21)25(31)27-16(3)4/h5-11,15-16,19-20,22-23H,12-14H2,1-4H3,(H,27,31)(H,28,30)/t20-,22-,23-/m1/s1. The minimum Gasteiger partial charge on any atom is -0.467 e. The molecule has 0 spiro atoms. The molecule has 1 aliphatic heterocycles. The summed E-state index contributed by atoms with van der Waals surface area (Å²) < 4.78 is 5.61. The maximum absolute atomic E-state index is 14.0. The first-order valence-corrected chi connectivity index (χ1v) is 11.8. The lowest BCUT2D eigenvalue weighted by Crippen LogP contribution is -2.67. The van der Waals surface area contributed by atoms with Crippen LogP contribution in [0, 0.1) is 11.8 Å². The van der Waals surface area contributed by atoms with Crippen LogP contribution in [0.25, 0.3) is 0 Å². The largest absolute Gasteiger partial charge is 0.467 e. The SMILES string of the molecule is CC(C)C[C@@H]1C(=O)N[C@H](C2Cc3ccccc3C2)C(=O)N1[C@@H](C(=O)NC(C)C)c1ccco1. The van der Waals surface area contributed by atoms with Crippen molar-refractivity contribution in [1.29, 1.82) is 0 Å². The van der Waals surface area contributed by atoms with Crippen molar-refractivity contribution in [2.24, 2.45) is 11.8 Å². The van der Waals surface area contributed by atoms with E-state index in [1.807, 2.05) is 39.8 Å². The van der Waals surface area contributed by atoms with Crippen LogP contribution in [0.4, 0.5) is 0 Å². The van der Waals surface area contributed by atoms with E-state index >= 15 is 0 Å². The maximum atomic E-state index is 14.0. The van der Waals surface area contributed by atoms with Gasteiger partial charge in [-0.15, -0.1) is 0 Å². The number of nitrogens with zero attached hydrogens (tertiary/aromatic N) is 1. The molecule has 176 valence electrons. The van der Waals surface area contributed by atoms with Crippen LogP contribution in [0.3, 0.4) is 0 Å². The van der Waals surface area contributed by atoms with Gasteiger partial charge in [-0.1, -0.05) is 38.1 Å². The highest BCUT2D eigenvalue weighted by Gasteiger charge is 2.50. The Morgan fingerprint density at radius 2 is 1.76 bits per heavy atom. The van der Waals surface area contributed by atoms with E-state index in [2.05, 4.69) is 22.8 Å². The fraction of sp³-hybridized carbons (Fsp3) is 0.500. The smallest absolute Gasteiger partial charge is 0.250 e. The van der Waals surface area contributed by atoms with Crippen LogP contribution in [-0.4, -0.2) is 40.7 Å². The van der Waals surface area contributed by atoms with E-state index < -0.39 is 18.1 Å². The zero-order chi connectivity index (χ0) is 23.7. The quantitative estimate of drug-likeness (QED) is 0.677. The average Bonchev–Trinajstić information content (AvgIpc) is 3.41. The van der Waals surface area contributed by atoms with Crippen molar-refractivity contribution in [2.45, 2.75) is 71.1 Å². The summed E-state index contributed by atoms with van der Waals surface area (Å²) >= 11 is 0. The normalized spacial score (nSPS) is 21.9. The van der Waals surface area contributed by atoms with Gasteiger partial charge in [0.1, 0.15) is 17.8 Å². The molecule has 1 aromatic carbocycles. The highest BCUT2D eigenvalue weighted by molar-refractivity contribution is 6.00. The van der Waals surface area contributed by atoms with Gasteiger partial charge in [0.25, 0.3) is 5.91 Å². The third-order valence-electron chi connectivity index (χ3n) is 6.48. The zero-order valence-corrected chi connectivity index (χ0v) is 19.7. The van der Waals surface area contributed by atoms with Gasteiger partial charge in [-0.2, -0.15) is 0 Å². The first-order chi connectivity index (χ1) is 15.8. The summed E-state index contributed by atoms with van der Waals surface area (Å²) in [4.78, 5) is 42.2. The van der Waals surface area contributed by atoms with Gasteiger partial charge in [0, 0.05) is 6.04 Å². The second-order valence-electron chi connectivity index (χ2n) is 9.90. The summed E-state index contributed by atoms with van der Waals surface area (Å²) in [6.07, 6.45) is 3.39. The molecule has 1 aromatic heterocycles. The second kappa shape index (κ2) is 9.41. The summed E-state index contributed by atoms with van der Waals surface area (Å²) in [6.45, 7) is 7.75. The van der Waals surface area contributed by atoms with Gasteiger partial charge in [0.05, 0.1) is 6.26 Å². The van der Waals surface area contributed by atoms with E-state index in [1.165, 1.54) is 22.3 Å². The molecule has 0 saturated carbocycles. The number of carbonyl (C=O) groups excluding carboxylic acids is 3. The van der Waals surface area contributed by atoms with Gasteiger partial charge in [-0.05, 0) is 68.2 Å². The van der Waals surface area contributed by atoms with Crippen LogP contribution in [-0.2, 0) is 27.2 Å². The number of nitrogens with one attached hydrogen (secondary N) is 2. The molecule has 0 radical (unpaired) electrons. The molecule has 2 N–H and O–H groups in total. The summed E-state index contributed by atoms with van der Waals surface area (Å²) in [7, 11) is 0. The van der Waals surface area contributed by atoms with E-state index in [0.29, 0.717) is 12.2 Å². The molecule has 0 unspecified atom stereocenters.